The Morgan fingerprint density at radius 3 is 2.50 bits per heavy atom. The molecule has 2 N–H and O–H groups in total. The predicted molar refractivity (Wildman–Crippen MR) is 79.1 cm³/mol. The highest BCUT2D eigenvalue weighted by molar-refractivity contribution is 5.85. The Morgan fingerprint density at radius 2 is 1.94 bits per heavy atom. The molecule has 2 rings (SSSR count). The van der Waals surface area contributed by atoms with Gasteiger partial charge < -0.3 is 10.3 Å². The Labute approximate surface area is 110 Å². The van der Waals surface area contributed by atoms with Crippen LogP contribution in [0.25, 0.3) is 10.9 Å². The lowest BCUT2D eigenvalue weighted by atomic mass is 9.85. The Hall–Kier alpha value is -1.28. The molecule has 0 aliphatic carbocycles. The Balaban J connectivity index is 2.67. The van der Waals surface area contributed by atoms with Crippen LogP contribution in [0.15, 0.2) is 24.4 Å². The predicted octanol–water partition coefficient (Wildman–Crippen LogP) is 3.54. The van der Waals surface area contributed by atoms with E-state index in [2.05, 4.69) is 63.7 Å². The first-order valence-electron chi connectivity index (χ1n) is 6.64. The lowest BCUT2D eigenvalue weighted by Gasteiger charge is -2.19. The first kappa shape index (κ1) is 13.2. The van der Waals surface area contributed by atoms with Crippen molar-refractivity contribution in [1.29, 1.82) is 0 Å². The minimum atomic E-state index is 0.188. The zero-order chi connectivity index (χ0) is 13.5. The van der Waals surface area contributed by atoms with Gasteiger partial charge in [-0.25, -0.2) is 0 Å². The van der Waals surface area contributed by atoms with Crippen LogP contribution in [-0.2, 0) is 12.5 Å². The largest absolute Gasteiger partial charge is 0.350 e. The number of aryl methyl sites for hydroxylation is 1. The van der Waals surface area contributed by atoms with Crippen LogP contribution in [0.4, 0.5) is 0 Å². The summed E-state index contributed by atoms with van der Waals surface area (Å²) in [7, 11) is 2.10. The average molecular weight is 244 g/mol. The molecule has 0 saturated carbocycles. The maximum atomic E-state index is 5.82. The fourth-order valence-electron chi connectivity index (χ4n) is 2.41. The van der Waals surface area contributed by atoms with Gasteiger partial charge in [-0.05, 0) is 41.1 Å². The molecule has 2 aromatic rings. The number of hydrogen-bond acceptors (Lipinski definition) is 1. The van der Waals surface area contributed by atoms with E-state index in [1.807, 2.05) is 0 Å². The number of fused-ring (bicyclic) bond motifs is 1. The van der Waals surface area contributed by atoms with Crippen molar-refractivity contribution < 1.29 is 0 Å². The topological polar surface area (TPSA) is 30.9 Å². The molecule has 98 valence electrons. The molecule has 2 nitrogen and oxygen atoms in total. The third-order valence-corrected chi connectivity index (χ3v) is 3.77. The second-order valence-corrected chi connectivity index (χ2v) is 6.31. The Bertz CT molecular complexity index is 558. The van der Waals surface area contributed by atoms with E-state index in [-0.39, 0.29) is 5.41 Å². The van der Waals surface area contributed by atoms with Gasteiger partial charge in [0, 0.05) is 24.1 Å². The van der Waals surface area contributed by atoms with Crippen LogP contribution in [-0.4, -0.2) is 11.1 Å². The van der Waals surface area contributed by atoms with Crippen LogP contribution in [0.3, 0.4) is 0 Å². The molecule has 0 spiro atoms. The summed E-state index contributed by atoms with van der Waals surface area (Å²) in [5.74, 6) is 0.406. The van der Waals surface area contributed by atoms with Crippen molar-refractivity contribution in [1.82, 2.24) is 4.57 Å². The molecule has 0 amide bonds. The van der Waals surface area contributed by atoms with Gasteiger partial charge in [0.05, 0.1) is 0 Å². The lowest BCUT2D eigenvalue weighted by Crippen LogP contribution is -2.11. The molecule has 1 atom stereocenters. The van der Waals surface area contributed by atoms with Gasteiger partial charge in [-0.2, -0.15) is 0 Å². The van der Waals surface area contributed by atoms with E-state index in [9.17, 15) is 0 Å². The summed E-state index contributed by atoms with van der Waals surface area (Å²) in [5, 5.41) is 1.35. The van der Waals surface area contributed by atoms with Crippen LogP contribution in [0, 0.1) is 0 Å². The number of rotatable bonds is 2. The smallest absolute Gasteiger partial charge is 0.0480 e. The molecule has 1 heterocycles. The molecule has 2 heteroatoms. The number of aromatic nitrogens is 1. The Kier molecular flexibility index (Phi) is 3.24. The average Bonchev–Trinajstić information content (AvgIpc) is 2.64. The van der Waals surface area contributed by atoms with Crippen molar-refractivity contribution in [2.45, 2.75) is 39.0 Å². The van der Waals surface area contributed by atoms with Gasteiger partial charge in [0.25, 0.3) is 0 Å². The second kappa shape index (κ2) is 4.43. The quantitative estimate of drug-likeness (QED) is 0.860. The fraction of sp³-hybridized carbons (Fsp3) is 0.500. The van der Waals surface area contributed by atoms with Crippen LogP contribution in [0.5, 0.6) is 0 Å². The highest BCUT2D eigenvalue weighted by atomic mass is 14.9. The Morgan fingerprint density at radius 1 is 1.28 bits per heavy atom. The first-order valence-corrected chi connectivity index (χ1v) is 6.64. The van der Waals surface area contributed by atoms with E-state index >= 15 is 0 Å². The molecule has 1 aromatic carbocycles. The number of benzene rings is 1. The van der Waals surface area contributed by atoms with E-state index in [0.717, 1.165) is 0 Å². The lowest BCUT2D eigenvalue weighted by molar-refractivity contribution is 0.591. The summed E-state index contributed by atoms with van der Waals surface area (Å²) in [4.78, 5) is 0. The van der Waals surface area contributed by atoms with Gasteiger partial charge in [-0.1, -0.05) is 33.8 Å². The normalized spacial score (nSPS) is 14.1. The minimum Gasteiger partial charge on any atom is -0.350 e. The zero-order valence-electron chi connectivity index (χ0n) is 12.1. The third kappa shape index (κ3) is 2.17. The standard InChI is InChI=1S/C16H24N2/c1-11(9-17)14-10-18(5)15-7-6-12(8-13(14)15)16(2,3)4/h6-8,10-11H,9,17H2,1-5H3. The van der Waals surface area contributed by atoms with E-state index in [1.165, 1.54) is 22.0 Å². The highest BCUT2D eigenvalue weighted by Gasteiger charge is 2.17. The van der Waals surface area contributed by atoms with E-state index < -0.39 is 0 Å². The third-order valence-electron chi connectivity index (χ3n) is 3.77. The molecular formula is C16H24N2. The van der Waals surface area contributed by atoms with Crippen molar-refractivity contribution in [3.05, 3.63) is 35.5 Å². The van der Waals surface area contributed by atoms with Gasteiger partial charge in [0.15, 0.2) is 0 Å². The maximum Gasteiger partial charge on any atom is 0.0480 e. The zero-order valence-corrected chi connectivity index (χ0v) is 12.1. The molecule has 0 saturated heterocycles. The fourth-order valence-corrected chi connectivity index (χ4v) is 2.41. The first-order chi connectivity index (χ1) is 8.34. The van der Waals surface area contributed by atoms with Crippen LogP contribution in [0.1, 0.15) is 44.7 Å². The SMILES string of the molecule is CC(CN)c1cn(C)c2ccc(C(C)(C)C)cc12. The van der Waals surface area contributed by atoms with Crippen molar-refractivity contribution in [2.75, 3.05) is 6.54 Å². The molecule has 1 unspecified atom stereocenters. The van der Waals surface area contributed by atoms with Gasteiger partial charge in [0.2, 0.25) is 0 Å². The van der Waals surface area contributed by atoms with E-state index in [1.54, 1.807) is 0 Å². The summed E-state index contributed by atoms with van der Waals surface area (Å²) in [6.45, 7) is 9.65. The monoisotopic (exact) mass is 244 g/mol. The van der Waals surface area contributed by atoms with Gasteiger partial charge in [-0.15, -0.1) is 0 Å². The molecule has 0 aliphatic rings. The molecule has 1 aromatic heterocycles. The van der Waals surface area contributed by atoms with Crippen LogP contribution < -0.4 is 5.73 Å². The molecule has 0 fully saturated rings. The van der Waals surface area contributed by atoms with E-state index in [4.69, 9.17) is 5.73 Å². The minimum absolute atomic E-state index is 0.188. The van der Waals surface area contributed by atoms with Crippen molar-refractivity contribution >= 4 is 10.9 Å². The summed E-state index contributed by atoms with van der Waals surface area (Å²) in [6, 6.07) is 6.79. The van der Waals surface area contributed by atoms with Crippen molar-refractivity contribution in [3.63, 3.8) is 0 Å². The number of hydrogen-bond donors (Lipinski definition) is 1. The molecule has 0 bridgehead atoms. The molecular weight excluding hydrogens is 220 g/mol. The molecule has 0 radical (unpaired) electrons. The van der Waals surface area contributed by atoms with Gasteiger partial charge >= 0.3 is 0 Å². The van der Waals surface area contributed by atoms with Crippen molar-refractivity contribution in [3.8, 4) is 0 Å². The van der Waals surface area contributed by atoms with Crippen LogP contribution >= 0.6 is 0 Å². The highest BCUT2D eigenvalue weighted by Crippen LogP contribution is 2.31. The second-order valence-electron chi connectivity index (χ2n) is 6.31. The summed E-state index contributed by atoms with van der Waals surface area (Å²) < 4.78 is 2.20. The van der Waals surface area contributed by atoms with Crippen LogP contribution in [0.2, 0.25) is 0 Å². The van der Waals surface area contributed by atoms with Gasteiger partial charge in [0.1, 0.15) is 0 Å². The number of nitrogens with zero attached hydrogens (tertiary/aromatic N) is 1. The maximum absolute atomic E-state index is 5.82. The summed E-state index contributed by atoms with van der Waals surface area (Å²) in [5.41, 5.74) is 10.0. The summed E-state index contributed by atoms with van der Waals surface area (Å²) in [6.07, 6.45) is 2.22. The molecule has 0 aliphatic heterocycles. The molecule has 18 heavy (non-hydrogen) atoms. The summed E-state index contributed by atoms with van der Waals surface area (Å²) >= 11 is 0. The van der Waals surface area contributed by atoms with Gasteiger partial charge in [-0.3, -0.25) is 0 Å². The van der Waals surface area contributed by atoms with Crippen molar-refractivity contribution in [2.24, 2.45) is 12.8 Å². The van der Waals surface area contributed by atoms with E-state index in [0.29, 0.717) is 12.5 Å². The number of nitrogens with two attached hydrogens (primary N) is 1.